The van der Waals surface area contributed by atoms with E-state index in [1.165, 1.54) is 109 Å². The van der Waals surface area contributed by atoms with Crippen LogP contribution < -0.4 is 10.6 Å². The van der Waals surface area contributed by atoms with Crippen molar-refractivity contribution in [3.8, 4) is 0 Å². The molecule has 51 heavy (non-hydrogen) atoms. The zero-order chi connectivity index (χ0) is 35.2. The van der Waals surface area contributed by atoms with Crippen molar-refractivity contribution >= 4 is 48.0 Å². The maximum absolute atomic E-state index is 2.44. The Morgan fingerprint density at radius 1 is 0.412 bits per heavy atom. The van der Waals surface area contributed by atoms with Crippen LogP contribution >= 0.6 is 15.8 Å². The topological polar surface area (TPSA) is 0 Å². The van der Waals surface area contributed by atoms with E-state index >= 15 is 0 Å². The van der Waals surface area contributed by atoms with Crippen molar-refractivity contribution in [1.82, 2.24) is 0 Å². The molecule has 0 saturated heterocycles. The monoisotopic (exact) mass is 880 g/mol. The zero-order valence-electron chi connectivity index (χ0n) is 32.0. The largest absolute Gasteiger partial charge is 0.161 e. The predicted molar refractivity (Wildman–Crippen MR) is 232 cm³/mol. The van der Waals surface area contributed by atoms with E-state index in [1.54, 1.807) is 10.6 Å². The van der Waals surface area contributed by atoms with Gasteiger partial charge in [-0.05, 0) is 74.3 Å². The van der Waals surface area contributed by atoms with Gasteiger partial charge in [0.05, 0.1) is 0 Å². The Kier molecular flexibility index (Phi) is 21.8. The molecular weight excluding hydrogens is 817 g/mol. The number of fused-ring (bicyclic) bond motifs is 2. The number of hydrogen-bond acceptors (Lipinski definition) is 0. The molecule has 0 unspecified atom stereocenters. The molecule has 0 aliphatic carbocycles. The molecule has 0 atom stereocenters. The van der Waals surface area contributed by atoms with Crippen molar-refractivity contribution in [3.05, 3.63) is 145 Å². The third-order valence-electron chi connectivity index (χ3n) is 9.45. The summed E-state index contributed by atoms with van der Waals surface area (Å²) in [7, 11) is 0.171. The summed E-state index contributed by atoms with van der Waals surface area (Å²) in [6.45, 7) is 9.20. The van der Waals surface area contributed by atoms with Gasteiger partial charge in [-0.3, -0.25) is 0 Å². The second-order valence-corrected chi connectivity index (χ2v) is 18.5. The smallest absolute Gasteiger partial charge is 0 e. The van der Waals surface area contributed by atoms with E-state index < -0.39 is 0 Å². The second kappa shape index (κ2) is 25.7. The molecule has 6 aromatic carbocycles. The molecule has 0 fully saturated rings. The summed E-state index contributed by atoms with van der Waals surface area (Å²) in [6, 6.07) is 48.5. The van der Waals surface area contributed by atoms with Crippen LogP contribution in [0.4, 0.5) is 0 Å². The van der Waals surface area contributed by atoms with Crippen LogP contribution in [-0.4, -0.2) is 24.6 Å². The van der Waals surface area contributed by atoms with E-state index in [9.17, 15) is 0 Å². The summed E-state index contributed by atoms with van der Waals surface area (Å²) < 4.78 is 0. The van der Waals surface area contributed by atoms with Crippen molar-refractivity contribution in [2.75, 3.05) is 24.6 Å². The van der Waals surface area contributed by atoms with Crippen LogP contribution in [0, 0.1) is 0 Å². The van der Waals surface area contributed by atoms with Gasteiger partial charge in [0.1, 0.15) is 0 Å². The predicted octanol–water partition coefficient (Wildman–Crippen LogP) is 14.0. The number of unbranched alkanes of at least 4 members (excludes halogenated alkanes) is 4. The van der Waals surface area contributed by atoms with Crippen LogP contribution in [0.2, 0.25) is 0 Å². The van der Waals surface area contributed by atoms with Gasteiger partial charge < -0.3 is 0 Å². The molecule has 0 nitrogen and oxygen atoms in total. The number of benzene rings is 4. The van der Waals surface area contributed by atoms with Crippen molar-refractivity contribution in [3.63, 3.8) is 0 Å². The van der Waals surface area contributed by atoms with E-state index in [-0.39, 0.29) is 41.7 Å². The summed E-state index contributed by atoms with van der Waals surface area (Å²) >= 11 is 0. The van der Waals surface area contributed by atoms with Gasteiger partial charge in [0.25, 0.3) is 0 Å². The summed E-state index contributed by atoms with van der Waals surface area (Å²) in [4.78, 5) is 0. The van der Waals surface area contributed by atoms with Gasteiger partial charge >= 0.3 is 0 Å². The Balaban J connectivity index is 0.000000206. The first-order chi connectivity index (χ1) is 24.6. The summed E-state index contributed by atoms with van der Waals surface area (Å²) in [5, 5.41) is 8.96. The molecule has 0 saturated carbocycles. The van der Waals surface area contributed by atoms with Crippen LogP contribution in [-0.2, 0) is 38.7 Å². The SMILES string of the molecule is CCCCP(CCCC)c1cc2ccccc2[cH-]1.CCCCP(CCCC)c1cc2ccccc2[cH-]1.[Hf].c1ccc(CCc2ccccc2)cc1. The van der Waals surface area contributed by atoms with Gasteiger partial charge in [0.15, 0.2) is 0 Å². The molecule has 0 aromatic heterocycles. The quantitative estimate of drug-likeness (QED) is 0.0486. The van der Waals surface area contributed by atoms with Crippen LogP contribution in [0.1, 0.15) is 90.2 Å². The molecule has 0 heterocycles. The summed E-state index contributed by atoms with van der Waals surface area (Å²) in [6.07, 6.45) is 18.8. The van der Waals surface area contributed by atoms with E-state index in [4.69, 9.17) is 0 Å². The Bertz CT molecular complexity index is 1510. The molecule has 3 heteroatoms. The molecule has 0 bridgehead atoms. The van der Waals surface area contributed by atoms with Gasteiger partial charge in [0, 0.05) is 25.8 Å². The summed E-state index contributed by atoms with van der Waals surface area (Å²) in [5.74, 6) is 0. The molecule has 0 N–H and O–H groups in total. The van der Waals surface area contributed by atoms with Gasteiger partial charge in [0.2, 0.25) is 0 Å². The number of hydrogen-bond donors (Lipinski definition) is 0. The fraction of sp³-hybridized carbons (Fsp3) is 0.375. The molecule has 270 valence electrons. The van der Waals surface area contributed by atoms with Crippen molar-refractivity contribution in [2.24, 2.45) is 0 Å². The van der Waals surface area contributed by atoms with Crippen LogP contribution in [0.25, 0.3) is 21.5 Å². The minimum atomic E-state index is 0. The Morgan fingerprint density at radius 2 is 0.725 bits per heavy atom. The zero-order valence-corrected chi connectivity index (χ0v) is 37.4. The molecule has 0 spiro atoms. The number of aryl methyl sites for hydroxylation is 2. The third-order valence-corrected chi connectivity index (χ3v) is 14.9. The summed E-state index contributed by atoms with van der Waals surface area (Å²) in [5.41, 5.74) is 2.83. The third kappa shape index (κ3) is 15.4. The van der Waals surface area contributed by atoms with Gasteiger partial charge in [-0.1, -0.05) is 142 Å². The van der Waals surface area contributed by atoms with Crippen molar-refractivity contribution in [1.29, 1.82) is 0 Å². The molecule has 6 rings (SSSR count). The fourth-order valence-electron chi connectivity index (χ4n) is 6.35. The van der Waals surface area contributed by atoms with E-state index in [2.05, 4.69) is 161 Å². The van der Waals surface area contributed by atoms with Crippen molar-refractivity contribution < 1.29 is 25.8 Å². The normalized spacial score (nSPS) is 10.9. The minimum absolute atomic E-state index is 0. The van der Waals surface area contributed by atoms with Gasteiger partial charge in [-0.15, -0.1) is 80.7 Å². The maximum atomic E-state index is 2.44. The number of rotatable bonds is 17. The molecular formula is C48H62HfP2-2. The van der Waals surface area contributed by atoms with Crippen LogP contribution in [0.5, 0.6) is 0 Å². The Labute approximate surface area is 332 Å². The maximum Gasteiger partial charge on any atom is 0 e. The molecule has 0 amide bonds. The molecule has 0 radical (unpaired) electrons. The first kappa shape index (κ1) is 43.2. The Hall–Kier alpha value is -2.17. The van der Waals surface area contributed by atoms with Crippen LogP contribution in [0.3, 0.4) is 0 Å². The molecule has 0 aliphatic rings. The fourth-order valence-corrected chi connectivity index (χ4v) is 11.9. The molecule has 6 aromatic rings. The minimum Gasteiger partial charge on any atom is -0.161 e. The van der Waals surface area contributed by atoms with Crippen molar-refractivity contribution in [2.45, 2.75) is 91.9 Å². The average molecular weight is 879 g/mol. The standard InChI is InChI=1S/2C17H24P.C14H14.Hf/c2*1-3-5-11-18(12-6-4-2)17-13-15-9-7-8-10-16(15)14-17;1-3-7-13(8-4-1)11-12-14-9-5-2-6-10-14;/h2*7-10,13-14H,3-6,11-12H2,1-2H3;1-10H,11-12H2;/q2*-1;;. The van der Waals surface area contributed by atoms with E-state index in [0.717, 1.165) is 12.8 Å². The van der Waals surface area contributed by atoms with Gasteiger partial charge in [-0.25, -0.2) is 0 Å². The second-order valence-electron chi connectivity index (χ2n) is 13.5. The van der Waals surface area contributed by atoms with Crippen LogP contribution in [0.15, 0.2) is 133 Å². The van der Waals surface area contributed by atoms with E-state index in [1.807, 2.05) is 0 Å². The van der Waals surface area contributed by atoms with E-state index in [0.29, 0.717) is 0 Å². The van der Waals surface area contributed by atoms with Gasteiger partial charge in [-0.2, -0.15) is 12.1 Å². The first-order valence-corrected chi connectivity index (χ1v) is 23.0. The molecule has 0 aliphatic heterocycles. The average Bonchev–Trinajstić information content (AvgIpc) is 3.80. The first-order valence-electron chi connectivity index (χ1n) is 19.5. The Morgan fingerprint density at radius 3 is 1.04 bits per heavy atom.